The maximum absolute atomic E-state index is 12.3. The van der Waals surface area contributed by atoms with Crippen LogP contribution in [0.5, 0.6) is 0 Å². The molecule has 2 heterocycles. The normalized spacial score (nSPS) is 34.3. The largest absolute Gasteiger partial charge is 0.409 e. The van der Waals surface area contributed by atoms with E-state index in [1.54, 1.807) is 4.90 Å². The van der Waals surface area contributed by atoms with Crippen LogP contribution < -0.4 is 5.73 Å². The van der Waals surface area contributed by atoms with Gasteiger partial charge in [-0.05, 0) is 25.2 Å². The molecule has 3 atom stereocenters. The Kier molecular flexibility index (Phi) is 3.51. The number of oxime groups is 1. The number of amides is 1. The summed E-state index contributed by atoms with van der Waals surface area (Å²) in [6, 6.07) is -0.274. The van der Waals surface area contributed by atoms with Gasteiger partial charge in [0.15, 0.2) is 5.84 Å². The summed E-state index contributed by atoms with van der Waals surface area (Å²) in [7, 11) is 0. The number of hydrogen-bond acceptors (Lipinski definition) is 4. The van der Waals surface area contributed by atoms with Gasteiger partial charge < -0.3 is 20.6 Å². The highest BCUT2D eigenvalue weighted by molar-refractivity contribution is 5.92. The number of nitrogens with zero attached hydrogens (tertiary/aromatic N) is 2. The predicted octanol–water partition coefficient (Wildman–Crippen LogP) is 0.149. The second-order valence-corrected chi connectivity index (χ2v) is 4.77. The van der Waals surface area contributed by atoms with Crippen LogP contribution in [-0.2, 0) is 9.53 Å². The highest BCUT2D eigenvalue weighted by atomic mass is 16.5. The van der Waals surface area contributed by atoms with E-state index in [4.69, 9.17) is 15.7 Å². The highest BCUT2D eigenvalue weighted by Gasteiger charge is 2.39. The Morgan fingerprint density at radius 2 is 2.29 bits per heavy atom. The van der Waals surface area contributed by atoms with Crippen molar-refractivity contribution in [2.24, 2.45) is 16.8 Å². The standard InChI is InChI=1S/C11H19N3O3/c1-7-4-6-17-9(7)11(15)14-5-2-3-8(14)10(12)13-16/h7-9,16H,2-6H2,1H3,(H2,12,13). The Labute approximate surface area is 100 Å². The number of nitrogens with two attached hydrogens (primary N) is 1. The number of carbonyl (C=O) groups excluding carboxylic acids is 1. The van der Waals surface area contributed by atoms with Crippen molar-refractivity contribution in [3.8, 4) is 0 Å². The highest BCUT2D eigenvalue weighted by Crippen LogP contribution is 2.26. The van der Waals surface area contributed by atoms with Crippen LogP contribution in [0.25, 0.3) is 0 Å². The smallest absolute Gasteiger partial charge is 0.252 e. The molecule has 3 unspecified atom stereocenters. The molecule has 0 aromatic carbocycles. The third-order valence-corrected chi connectivity index (χ3v) is 3.62. The molecule has 0 saturated carbocycles. The van der Waals surface area contributed by atoms with Crippen LogP contribution in [0.15, 0.2) is 5.16 Å². The molecule has 2 saturated heterocycles. The first-order valence-corrected chi connectivity index (χ1v) is 6.04. The van der Waals surface area contributed by atoms with Gasteiger partial charge in [-0.2, -0.15) is 0 Å². The van der Waals surface area contributed by atoms with Crippen LogP contribution in [0.1, 0.15) is 26.2 Å². The van der Waals surface area contributed by atoms with E-state index in [0.29, 0.717) is 13.2 Å². The Morgan fingerprint density at radius 3 is 2.88 bits per heavy atom. The Balaban J connectivity index is 2.08. The van der Waals surface area contributed by atoms with Gasteiger partial charge in [0, 0.05) is 13.2 Å². The number of likely N-dealkylation sites (tertiary alicyclic amines) is 1. The minimum atomic E-state index is -0.359. The van der Waals surface area contributed by atoms with Gasteiger partial charge in [-0.1, -0.05) is 12.1 Å². The molecule has 3 N–H and O–H groups in total. The average Bonchev–Trinajstić information content (AvgIpc) is 2.95. The van der Waals surface area contributed by atoms with Gasteiger partial charge >= 0.3 is 0 Å². The van der Waals surface area contributed by atoms with E-state index in [2.05, 4.69) is 5.16 Å². The van der Waals surface area contributed by atoms with Crippen LogP contribution in [0.3, 0.4) is 0 Å². The van der Waals surface area contributed by atoms with Crippen molar-refractivity contribution in [2.45, 2.75) is 38.3 Å². The van der Waals surface area contributed by atoms with Gasteiger partial charge in [0.25, 0.3) is 5.91 Å². The van der Waals surface area contributed by atoms with Gasteiger partial charge in [-0.3, -0.25) is 4.79 Å². The number of hydrogen-bond donors (Lipinski definition) is 2. The lowest BCUT2D eigenvalue weighted by atomic mass is 10.0. The predicted molar refractivity (Wildman–Crippen MR) is 61.7 cm³/mol. The summed E-state index contributed by atoms with van der Waals surface area (Å²) < 4.78 is 5.47. The molecule has 6 nitrogen and oxygen atoms in total. The molecule has 2 rings (SSSR count). The molecule has 17 heavy (non-hydrogen) atoms. The van der Waals surface area contributed by atoms with Crippen LogP contribution in [0.2, 0.25) is 0 Å². The maximum Gasteiger partial charge on any atom is 0.252 e. The fraction of sp³-hybridized carbons (Fsp3) is 0.818. The SMILES string of the molecule is CC1CCOC1C(=O)N1CCCC1C(N)=NO. The van der Waals surface area contributed by atoms with Gasteiger partial charge in [-0.15, -0.1) is 0 Å². The van der Waals surface area contributed by atoms with E-state index >= 15 is 0 Å². The molecular formula is C11H19N3O3. The molecule has 0 radical (unpaired) electrons. The van der Waals surface area contributed by atoms with Crippen LogP contribution in [0, 0.1) is 5.92 Å². The number of carbonyl (C=O) groups is 1. The number of ether oxygens (including phenoxy) is 1. The van der Waals surface area contributed by atoms with Crippen LogP contribution in [0.4, 0.5) is 0 Å². The zero-order chi connectivity index (χ0) is 12.4. The summed E-state index contributed by atoms with van der Waals surface area (Å²) in [4.78, 5) is 14.0. The molecule has 1 amide bonds. The first-order chi connectivity index (χ1) is 8.15. The first kappa shape index (κ1) is 12.2. The summed E-state index contributed by atoms with van der Waals surface area (Å²) >= 11 is 0. The monoisotopic (exact) mass is 241 g/mol. The third-order valence-electron chi connectivity index (χ3n) is 3.62. The van der Waals surface area contributed by atoms with Gasteiger partial charge in [0.2, 0.25) is 0 Å². The van der Waals surface area contributed by atoms with Crippen molar-refractivity contribution in [1.29, 1.82) is 0 Å². The van der Waals surface area contributed by atoms with Gasteiger partial charge in [0.1, 0.15) is 6.10 Å². The topological polar surface area (TPSA) is 88.2 Å². The van der Waals surface area contributed by atoms with Crippen molar-refractivity contribution in [3.63, 3.8) is 0 Å². The van der Waals surface area contributed by atoms with E-state index < -0.39 is 0 Å². The Hall–Kier alpha value is -1.30. The third kappa shape index (κ3) is 2.22. The molecule has 2 aliphatic heterocycles. The summed E-state index contributed by atoms with van der Waals surface area (Å²) in [5, 5.41) is 11.7. The van der Waals surface area contributed by atoms with E-state index in [0.717, 1.165) is 19.3 Å². The van der Waals surface area contributed by atoms with Gasteiger partial charge in [0.05, 0.1) is 6.04 Å². The second kappa shape index (κ2) is 4.91. The van der Waals surface area contributed by atoms with E-state index in [-0.39, 0.29) is 29.8 Å². The Morgan fingerprint density at radius 1 is 1.53 bits per heavy atom. The second-order valence-electron chi connectivity index (χ2n) is 4.77. The van der Waals surface area contributed by atoms with Crippen LogP contribution >= 0.6 is 0 Å². The Bertz CT molecular complexity index is 332. The molecule has 0 spiro atoms. The van der Waals surface area contributed by atoms with Gasteiger partial charge in [-0.25, -0.2) is 0 Å². The molecule has 96 valence electrons. The lowest BCUT2D eigenvalue weighted by Gasteiger charge is -2.27. The molecule has 6 heteroatoms. The zero-order valence-corrected chi connectivity index (χ0v) is 10.0. The van der Waals surface area contributed by atoms with Crippen molar-refractivity contribution < 1.29 is 14.7 Å². The minimum Gasteiger partial charge on any atom is -0.409 e. The summed E-state index contributed by atoms with van der Waals surface area (Å²) in [6.07, 6.45) is 2.19. The molecule has 0 aliphatic carbocycles. The van der Waals surface area contributed by atoms with Crippen molar-refractivity contribution in [2.75, 3.05) is 13.2 Å². The molecule has 2 aliphatic rings. The molecule has 2 fully saturated rings. The molecule has 0 bridgehead atoms. The summed E-state index contributed by atoms with van der Waals surface area (Å²) in [6.45, 7) is 3.32. The number of rotatable bonds is 2. The fourth-order valence-electron chi connectivity index (χ4n) is 2.58. The summed E-state index contributed by atoms with van der Waals surface area (Å²) in [5.41, 5.74) is 5.61. The minimum absolute atomic E-state index is 0.0240. The first-order valence-electron chi connectivity index (χ1n) is 6.04. The lowest BCUT2D eigenvalue weighted by molar-refractivity contribution is -0.142. The lowest BCUT2D eigenvalue weighted by Crippen LogP contribution is -2.48. The van der Waals surface area contributed by atoms with Crippen molar-refractivity contribution >= 4 is 11.7 Å². The molecule has 0 aromatic rings. The molecule has 0 aromatic heterocycles. The van der Waals surface area contributed by atoms with Crippen LogP contribution in [-0.4, -0.2) is 47.1 Å². The fourth-order valence-corrected chi connectivity index (χ4v) is 2.58. The molecular weight excluding hydrogens is 222 g/mol. The van der Waals surface area contributed by atoms with E-state index in [1.165, 1.54) is 0 Å². The average molecular weight is 241 g/mol. The quantitative estimate of drug-likeness (QED) is 0.312. The van der Waals surface area contributed by atoms with E-state index in [1.807, 2.05) is 6.92 Å². The maximum atomic E-state index is 12.3. The summed E-state index contributed by atoms with van der Waals surface area (Å²) in [5.74, 6) is 0.335. The van der Waals surface area contributed by atoms with E-state index in [9.17, 15) is 4.79 Å². The van der Waals surface area contributed by atoms with Crippen molar-refractivity contribution in [3.05, 3.63) is 0 Å². The zero-order valence-electron chi connectivity index (χ0n) is 10.0. The number of amidine groups is 1. The van der Waals surface area contributed by atoms with Crippen molar-refractivity contribution in [1.82, 2.24) is 4.90 Å².